The third kappa shape index (κ3) is 1.66. The second kappa shape index (κ2) is 3.26. The molecule has 0 saturated heterocycles. The van der Waals surface area contributed by atoms with Gasteiger partial charge in [-0.2, -0.15) is 0 Å². The lowest BCUT2D eigenvalue weighted by atomic mass is 10.3. The first kappa shape index (κ1) is 7.79. The zero-order valence-corrected chi connectivity index (χ0v) is 7.09. The summed E-state index contributed by atoms with van der Waals surface area (Å²) in [5, 5.41) is 0. The molecular formula is C9H10N4. The van der Waals surface area contributed by atoms with Crippen LogP contribution in [-0.4, -0.2) is 14.5 Å². The Morgan fingerprint density at radius 1 is 1.23 bits per heavy atom. The Morgan fingerprint density at radius 2 is 2.00 bits per heavy atom. The van der Waals surface area contributed by atoms with E-state index in [0.29, 0.717) is 5.95 Å². The van der Waals surface area contributed by atoms with Gasteiger partial charge in [-0.3, -0.25) is 4.98 Å². The molecule has 2 rings (SSSR count). The predicted molar refractivity (Wildman–Crippen MR) is 50.0 cm³/mol. The van der Waals surface area contributed by atoms with Crippen molar-refractivity contribution in [2.75, 3.05) is 5.73 Å². The molecule has 66 valence electrons. The van der Waals surface area contributed by atoms with Gasteiger partial charge in [0.15, 0.2) is 5.95 Å². The van der Waals surface area contributed by atoms with Crippen LogP contribution in [0.1, 0.15) is 5.56 Å². The average Bonchev–Trinajstić information content (AvgIpc) is 2.54. The first-order valence-electron chi connectivity index (χ1n) is 4.02. The quantitative estimate of drug-likeness (QED) is 0.736. The lowest BCUT2D eigenvalue weighted by Crippen LogP contribution is -2.03. The smallest absolute Gasteiger partial charge is 0.200 e. The molecule has 0 aliphatic heterocycles. The lowest BCUT2D eigenvalue weighted by Gasteiger charge is -2.03. The van der Waals surface area contributed by atoms with Gasteiger partial charge in [-0.1, -0.05) is 0 Å². The number of hydrogen-bond acceptors (Lipinski definition) is 3. The zero-order chi connectivity index (χ0) is 9.10. The van der Waals surface area contributed by atoms with Crippen LogP contribution >= 0.6 is 0 Å². The van der Waals surface area contributed by atoms with Gasteiger partial charge in [0.05, 0.1) is 6.54 Å². The average molecular weight is 174 g/mol. The first-order chi connectivity index (χ1) is 6.36. The van der Waals surface area contributed by atoms with Crippen molar-refractivity contribution in [3.8, 4) is 0 Å². The highest BCUT2D eigenvalue weighted by Crippen LogP contribution is 2.04. The minimum Gasteiger partial charge on any atom is -0.369 e. The summed E-state index contributed by atoms with van der Waals surface area (Å²) < 4.78 is 1.88. The number of aromatic nitrogens is 3. The van der Waals surface area contributed by atoms with Crippen molar-refractivity contribution in [1.29, 1.82) is 0 Å². The molecule has 0 aliphatic rings. The monoisotopic (exact) mass is 174 g/mol. The summed E-state index contributed by atoms with van der Waals surface area (Å²) >= 11 is 0. The molecule has 4 heteroatoms. The van der Waals surface area contributed by atoms with E-state index >= 15 is 0 Å². The molecule has 13 heavy (non-hydrogen) atoms. The van der Waals surface area contributed by atoms with E-state index in [1.54, 1.807) is 18.6 Å². The highest BCUT2D eigenvalue weighted by molar-refractivity contribution is 5.20. The van der Waals surface area contributed by atoms with E-state index in [9.17, 15) is 0 Å². The minimum absolute atomic E-state index is 0.539. The largest absolute Gasteiger partial charge is 0.369 e. The summed E-state index contributed by atoms with van der Waals surface area (Å²) in [7, 11) is 0. The molecule has 0 aromatic carbocycles. The molecule has 0 aliphatic carbocycles. The Bertz CT molecular complexity index is 380. The van der Waals surface area contributed by atoms with Crippen LogP contribution in [0, 0.1) is 0 Å². The van der Waals surface area contributed by atoms with Gasteiger partial charge in [-0.25, -0.2) is 4.98 Å². The van der Waals surface area contributed by atoms with Crippen LogP contribution in [0.5, 0.6) is 0 Å². The number of pyridine rings is 1. The Kier molecular flexibility index (Phi) is 1.96. The van der Waals surface area contributed by atoms with E-state index in [1.165, 1.54) is 5.56 Å². The highest BCUT2D eigenvalue weighted by Gasteiger charge is 1.97. The maximum Gasteiger partial charge on any atom is 0.200 e. The Hall–Kier alpha value is -1.84. The van der Waals surface area contributed by atoms with Crippen LogP contribution in [0.4, 0.5) is 5.95 Å². The summed E-state index contributed by atoms with van der Waals surface area (Å²) in [5.41, 5.74) is 6.79. The molecule has 2 N–H and O–H groups in total. The number of nitrogens with zero attached hydrogens (tertiary/aromatic N) is 3. The maximum atomic E-state index is 5.62. The molecular weight excluding hydrogens is 164 g/mol. The molecule has 2 heterocycles. The molecule has 0 atom stereocenters. The molecule has 0 saturated carbocycles. The van der Waals surface area contributed by atoms with Crippen molar-refractivity contribution in [2.24, 2.45) is 0 Å². The SMILES string of the molecule is Nc1nccn1Cc1ccncc1. The Balaban J connectivity index is 2.20. The molecule has 2 aromatic rings. The molecule has 4 nitrogen and oxygen atoms in total. The van der Waals surface area contributed by atoms with Crippen molar-refractivity contribution in [3.05, 3.63) is 42.5 Å². The number of hydrogen-bond donors (Lipinski definition) is 1. The number of rotatable bonds is 2. The summed E-state index contributed by atoms with van der Waals surface area (Å²) in [6.45, 7) is 0.744. The van der Waals surface area contributed by atoms with Crippen LogP contribution in [0.15, 0.2) is 36.9 Å². The lowest BCUT2D eigenvalue weighted by molar-refractivity contribution is 0.809. The summed E-state index contributed by atoms with van der Waals surface area (Å²) in [6.07, 6.45) is 7.08. The summed E-state index contributed by atoms with van der Waals surface area (Å²) in [6, 6.07) is 3.92. The van der Waals surface area contributed by atoms with Gasteiger partial charge >= 0.3 is 0 Å². The highest BCUT2D eigenvalue weighted by atomic mass is 15.1. The number of anilines is 1. The standard InChI is InChI=1S/C9H10N4/c10-9-12-5-6-13(9)7-8-1-3-11-4-2-8/h1-6H,7H2,(H2,10,12). The zero-order valence-electron chi connectivity index (χ0n) is 7.09. The fourth-order valence-electron chi connectivity index (χ4n) is 1.16. The van der Waals surface area contributed by atoms with Crippen molar-refractivity contribution in [2.45, 2.75) is 6.54 Å². The summed E-state index contributed by atoms with van der Waals surface area (Å²) in [4.78, 5) is 7.88. The third-order valence-electron chi connectivity index (χ3n) is 1.85. The topological polar surface area (TPSA) is 56.7 Å². The first-order valence-corrected chi connectivity index (χ1v) is 4.02. The van der Waals surface area contributed by atoms with Crippen LogP contribution in [0.25, 0.3) is 0 Å². The fraction of sp³-hybridized carbons (Fsp3) is 0.111. The molecule has 0 spiro atoms. The minimum atomic E-state index is 0.539. The van der Waals surface area contributed by atoms with E-state index in [1.807, 2.05) is 22.9 Å². The van der Waals surface area contributed by atoms with Gasteiger partial charge in [0, 0.05) is 24.8 Å². The van der Waals surface area contributed by atoms with Gasteiger partial charge < -0.3 is 10.3 Å². The maximum absolute atomic E-state index is 5.62. The van der Waals surface area contributed by atoms with E-state index in [2.05, 4.69) is 9.97 Å². The van der Waals surface area contributed by atoms with Crippen molar-refractivity contribution in [1.82, 2.24) is 14.5 Å². The second-order valence-corrected chi connectivity index (χ2v) is 2.77. The Labute approximate surface area is 76.1 Å². The van der Waals surface area contributed by atoms with Gasteiger partial charge in [0.1, 0.15) is 0 Å². The molecule has 2 aromatic heterocycles. The summed E-state index contributed by atoms with van der Waals surface area (Å²) in [5.74, 6) is 0.539. The number of imidazole rings is 1. The third-order valence-corrected chi connectivity index (χ3v) is 1.85. The molecule has 0 unspecified atom stereocenters. The van der Waals surface area contributed by atoms with E-state index in [0.717, 1.165) is 6.54 Å². The Morgan fingerprint density at radius 3 is 2.62 bits per heavy atom. The van der Waals surface area contributed by atoms with E-state index in [-0.39, 0.29) is 0 Å². The number of nitrogens with two attached hydrogens (primary N) is 1. The van der Waals surface area contributed by atoms with Gasteiger partial charge in [0.25, 0.3) is 0 Å². The van der Waals surface area contributed by atoms with Crippen LogP contribution < -0.4 is 5.73 Å². The van der Waals surface area contributed by atoms with Crippen molar-refractivity contribution >= 4 is 5.95 Å². The van der Waals surface area contributed by atoms with Gasteiger partial charge in [-0.05, 0) is 17.7 Å². The van der Waals surface area contributed by atoms with E-state index in [4.69, 9.17) is 5.73 Å². The van der Waals surface area contributed by atoms with Crippen LogP contribution in [0.3, 0.4) is 0 Å². The van der Waals surface area contributed by atoms with Crippen LogP contribution in [0.2, 0.25) is 0 Å². The van der Waals surface area contributed by atoms with Gasteiger partial charge in [0.2, 0.25) is 0 Å². The molecule has 0 amide bonds. The van der Waals surface area contributed by atoms with Gasteiger partial charge in [-0.15, -0.1) is 0 Å². The molecule has 0 radical (unpaired) electrons. The number of nitrogen functional groups attached to an aromatic ring is 1. The second-order valence-electron chi connectivity index (χ2n) is 2.77. The predicted octanol–water partition coefficient (Wildman–Crippen LogP) is 0.909. The van der Waals surface area contributed by atoms with E-state index < -0.39 is 0 Å². The van der Waals surface area contributed by atoms with Crippen LogP contribution in [-0.2, 0) is 6.54 Å². The van der Waals surface area contributed by atoms with Crippen molar-refractivity contribution < 1.29 is 0 Å². The normalized spacial score (nSPS) is 10.2. The molecule has 0 bridgehead atoms. The molecule has 0 fully saturated rings. The fourth-order valence-corrected chi connectivity index (χ4v) is 1.16. The van der Waals surface area contributed by atoms with Crippen molar-refractivity contribution in [3.63, 3.8) is 0 Å².